The van der Waals surface area contributed by atoms with Gasteiger partial charge in [-0.05, 0) is 48.3 Å². The van der Waals surface area contributed by atoms with Crippen molar-refractivity contribution in [1.82, 2.24) is 4.98 Å². The normalized spacial score (nSPS) is 13.6. The fraction of sp³-hybridized carbons (Fsp3) is 0.158. The van der Waals surface area contributed by atoms with E-state index in [0.717, 1.165) is 22.2 Å². The van der Waals surface area contributed by atoms with Crippen molar-refractivity contribution in [2.45, 2.75) is 11.1 Å². The van der Waals surface area contributed by atoms with Crippen LogP contribution < -0.4 is 19.1 Å². The van der Waals surface area contributed by atoms with Gasteiger partial charge in [0.05, 0.1) is 24.0 Å². The number of hydrogen-bond donors (Lipinski definition) is 1. The Hall–Kier alpha value is -2.92. The van der Waals surface area contributed by atoms with Crippen molar-refractivity contribution in [2.24, 2.45) is 0 Å². The van der Waals surface area contributed by atoms with Crippen molar-refractivity contribution in [1.29, 1.82) is 0 Å². The zero-order valence-electron chi connectivity index (χ0n) is 15.4. The molecule has 4 rings (SSSR count). The Morgan fingerprint density at radius 1 is 1.23 bits per heavy atom. The summed E-state index contributed by atoms with van der Waals surface area (Å²) in [4.78, 5) is 18.7. The highest BCUT2D eigenvalue weighted by Crippen LogP contribution is 2.44. The maximum atomic E-state index is 13.2. The lowest BCUT2D eigenvalue weighted by Gasteiger charge is -2.31. The topological polar surface area (TPSA) is 63.7 Å². The van der Waals surface area contributed by atoms with Crippen molar-refractivity contribution in [3.63, 3.8) is 0 Å². The molecule has 2 aromatic carbocycles. The van der Waals surface area contributed by atoms with Gasteiger partial charge in [-0.3, -0.25) is 9.69 Å². The highest BCUT2D eigenvalue weighted by atomic mass is 32.2. The maximum absolute atomic E-state index is 13.2. The van der Waals surface area contributed by atoms with Gasteiger partial charge in [0, 0.05) is 16.5 Å². The minimum Gasteiger partial charge on any atom is -0.495 e. The smallest absolute Gasteiger partial charge is 0.416 e. The van der Waals surface area contributed by atoms with Crippen LogP contribution >= 0.6 is 23.3 Å². The van der Waals surface area contributed by atoms with E-state index in [1.165, 1.54) is 41.4 Å². The highest BCUT2D eigenvalue weighted by Gasteiger charge is 2.35. The third-order valence-electron chi connectivity index (χ3n) is 4.21. The van der Waals surface area contributed by atoms with Gasteiger partial charge in [-0.15, -0.1) is 11.3 Å². The number of carbonyl (C=O) groups is 1. The lowest BCUT2D eigenvalue weighted by molar-refractivity contribution is -0.137. The predicted molar refractivity (Wildman–Crippen MR) is 109 cm³/mol. The van der Waals surface area contributed by atoms with Crippen LogP contribution in [0.25, 0.3) is 0 Å². The average molecular weight is 453 g/mol. The summed E-state index contributed by atoms with van der Waals surface area (Å²) >= 11 is 2.75. The van der Waals surface area contributed by atoms with Crippen LogP contribution in [0.3, 0.4) is 0 Å². The van der Waals surface area contributed by atoms with E-state index in [0.29, 0.717) is 11.4 Å². The summed E-state index contributed by atoms with van der Waals surface area (Å²) in [6, 6.07) is 8.08. The molecule has 3 aromatic rings. The summed E-state index contributed by atoms with van der Waals surface area (Å²) in [5, 5.41) is 2.56. The standard InChI is InChI=1S/C19H14F3N3O3S2/c1-27-15-5-2-11(19(20,21)22)8-14(15)25-13-4-3-12(9-16(13)28-10-17(25)26)30-24-18-23-6-7-29-18/h2-9H,10H2,1H3,(H,23,24). The van der Waals surface area contributed by atoms with E-state index in [2.05, 4.69) is 9.71 Å². The van der Waals surface area contributed by atoms with Gasteiger partial charge in [0.15, 0.2) is 11.7 Å². The van der Waals surface area contributed by atoms with Crippen LogP contribution in [0.1, 0.15) is 5.56 Å². The molecule has 156 valence electrons. The molecule has 11 heteroatoms. The number of benzene rings is 2. The molecule has 0 radical (unpaired) electrons. The molecule has 1 aromatic heterocycles. The molecule has 1 N–H and O–H groups in total. The number of thiazole rings is 1. The van der Waals surface area contributed by atoms with Crippen LogP contribution in [0.4, 0.5) is 29.7 Å². The van der Waals surface area contributed by atoms with Gasteiger partial charge in [0.25, 0.3) is 5.91 Å². The number of fused-ring (bicyclic) bond motifs is 1. The van der Waals surface area contributed by atoms with Crippen molar-refractivity contribution in [3.8, 4) is 11.5 Å². The highest BCUT2D eigenvalue weighted by molar-refractivity contribution is 8.00. The van der Waals surface area contributed by atoms with Gasteiger partial charge in [-0.2, -0.15) is 13.2 Å². The van der Waals surface area contributed by atoms with Gasteiger partial charge < -0.3 is 14.2 Å². The molecule has 0 saturated heterocycles. The summed E-state index contributed by atoms with van der Waals surface area (Å²) in [5.74, 6) is 0.0227. The monoisotopic (exact) mass is 453 g/mol. The van der Waals surface area contributed by atoms with Gasteiger partial charge >= 0.3 is 6.18 Å². The average Bonchev–Trinajstić information content (AvgIpc) is 3.25. The van der Waals surface area contributed by atoms with E-state index in [1.54, 1.807) is 24.4 Å². The first kappa shape index (κ1) is 20.4. The Labute approximate surface area is 177 Å². The number of hydrogen-bond acceptors (Lipinski definition) is 7. The van der Waals surface area contributed by atoms with Crippen LogP contribution in [0.15, 0.2) is 52.9 Å². The molecule has 1 amide bonds. The number of carbonyl (C=O) groups excluding carboxylic acids is 1. The largest absolute Gasteiger partial charge is 0.495 e. The Morgan fingerprint density at radius 3 is 2.77 bits per heavy atom. The number of nitrogens with one attached hydrogen (secondary N) is 1. The second kappa shape index (κ2) is 8.07. The number of nitrogens with zero attached hydrogens (tertiary/aromatic N) is 2. The summed E-state index contributed by atoms with van der Waals surface area (Å²) in [7, 11) is 1.34. The summed E-state index contributed by atoms with van der Waals surface area (Å²) in [5.41, 5.74) is -0.537. The number of ether oxygens (including phenoxy) is 2. The Morgan fingerprint density at radius 2 is 2.07 bits per heavy atom. The molecule has 1 aliphatic heterocycles. The SMILES string of the molecule is COc1ccc(C(F)(F)F)cc1N1C(=O)COc2cc(SNc3nccs3)ccc21. The van der Waals surface area contributed by atoms with Crippen LogP contribution in [0, 0.1) is 0 Å². The quantitative estimate of drug-likeness (QED) is 0.526. The lowest BCUT2D eigenvalue weighted by atomic mass is 10.1. The zero-order valence-corrected chi connectivity index (χ0v) is 17.0. The first-order valence-corrected chi connectivity index (χ1v) is 10.2. The molecule has 30 heavy (non-hydrogen) atoms. The molecular weight excluding hydrogens is 439 g/mol. The fourth-order valence-corrected chi connectivity index (χ4v) is 4.13. The second-order valence-electron chi connectivity index (χ2n) is 6.07. The minimum atomic E-state index is -4.55. The number of aromatic nitrogens is 1. The van der Waals surface area contributed by atoms with Crippen LogP contribution in [0.5, 0.6) is 11.5 Å². The van der Waals surface area contributed by atoms with E-state index < -0.39 is 17.6 Å². The molecule has 0 atom stereocenters. The zero-order chi connectivity index (χ0) is 21.3. The molecule has 2 heterocycles. The first-order chi connectivity index (χ1) is 14.4. The Kier molecular flexibility index (Phi) is 5.48. The van der Waals surface area contributed by atoms with Gasteiger partial charge in [-0.25, -0.2) is 4.98 Å². The molecule has 0 spiro atoms. The molecule has 0 saturated carbocycles. The van der Waals surface area contributed by atoms with Gasteiger partial charge in [0.2, 0.25) is 0 Å². The number of anilines is 3. The third-order valence-corrected chi connectivity index (χ3v) is 5.81. The summed E-state index contributed by atoms with van der Waals surface area (Å²) < 4.78 is 53.5. The van der Waals surface area contributed by atoms with E-state index in [-0.39, 0.29) is 18.0 Å². The first-order valence-electron chi connectivity index (χ1n) is 8.54. The molecule has 1 aliphatic rings. The van der Waals surface area contributed by atoms with Crippen LogP contribution in [0.2, 0.25) is 0 Å². The number of halogens is 3. The van der Waals surface area contributed by atoms with Crippen LogP contribution in [-0.2, 0) is 11.0 Å². The van der Waals surface area contributed by atoms with Gasteiger partial charge in [-0.1, -0.05) is 0 Å². The number of rotatable bonds is 5. The number of alkyl halides is 3. The Bertz CT molecular complexity index is 1070. The molecule has 0 fully saturated rings. The van der Waals surface area contributed by atoms with Crippen molar-refractivity contribution >= 4 is 45.7 Å². The molecule has 0 aliphatic carbocycles. The number of amides is 1. The summed E-state index contributed by atoms with van der Waals surface area (Å²) in [6.07, 6.45) is -2.88. The fourth-order valence-electron chi connectivity index (χ4n) is 2.88. The van der Waals surface area contributed by atoms with E-state index >= 15 is 0 Å². The number of methoxy groups -OCH3 is 1. The van der Waals surface area contributed by atoms with Crippen molar-refractivity contribution in [3.05, 3.63) is 53.5 Å². The lowest BCUT2D eigenvalue weighted by Crippen LogP contribution is -2.35. The predicted octanol–water partition coefficient (Wildman–Crippen LogP) is 5.35. The van der Waals surface area contributed by atoms with E-state index in [9.17, 15) is 18.0 Å². The molecule has 0 bridgehead atoms. The van der Waals surface area contributed by atoms with E-state index in [4.69, 9.17) is 9.47 Å². The maximum Gasteiger partial charge on any atom is 0.416 e. The molecular formula is C19H14F3N3O3S2. The Balaban J connectivity index is 1.70. The van der Waals surface area contributed by atoms with Crippen molar-refractivity contribution < 1.29 is 27.4 Å². The summed E-state index contributed by atoms with van der Waals surface area (Å²) in [6.45, 7) is -0.305. The third kappa shape index (κ3) is 4.03. The minimum absolute atomic E-state index is 0.00295. The van der Waals surface area contributed by atoms with Crippen LogP contribution in [-0.4, -0.2) is 24.6 Å². The van der Waals surface area contributed by atoms with Crippen molar-refractivity contribution in [2.75, 3.05) is 23.3 Å². The molecule has 6 nitrogen and oxygen atoms in total. The second-order valence-corrected chi connectivity index (χ2v) is 7.85. The van der Waals surface area contributed by atoms with E-state index in [1.807, 2.05) is 5.38 Å². The van der Waals surface area contributed by atoms with Gasteiger partial charge in [0.1, 0.15) is 11.5 Å². The molecule has 0 unspecified atom stereocenters.